The average Bonchev–Trinajstić information content (AvgIpc) is 2.36. The van der Waals surface area contributed by atoms with Gasteiger partial charge in [-0.25, -0.2) is 4.79 Å². The van der Waals surface area contributed by atoms with Crippen LogP contribution in [0, 0.1) is 5.92 Å². The predicted octanol–water partition coefficient (Wildman–Crippen LogP) is 1.51. The highest BCUT2D eigenvalue weighted by Gasteiger charge is 2.25. The Kier molecular flexibility index (Phi) is 8.14. The van der Waals surface area contributed by atoms with Gasteiger partial charge in [0.25, 0.3) is 0 Å². The van der Waals surface area contributed by atoms with Crippen molar-refractivity contribution in [3.8, 4) is 0 Å². The van der Waals surface area contributed by atoms with E-state index in [1.807, 2.05) is 20.8 Å². The maximum Gasteiger partial charge on any atom is 0.320 e. The number of aliphatic carboxylic acids is 1. The van der Waals surface area contributed by atoms with Crippen LogP contribution in [0.2, 0.25) is 0 Å². The summed E-state index contributed by atoms with van der Waals surface area (Å²) in [5.74, 6) is -1.46. The third kappa shape index (κ3) is 5.46. The molecule has 0 aromatic rings. The predicted molar refractivity (Wildman–Crippen MR) is 73.2 cm³/mol. The number of urea groups is 1. The molecule has 19 heavy (non-hydrogen) atoms. The van der Waals surface area contributed by atoms with E-state index in [0.29, 0.717) is 19.7 Å². The maximum atomic E-state index is 12.4. The highest BCUT2D eigenvalue weighted by Crippen LogP contribution is 2.08. The van der Waals surface area contributed by atoms with Crippen molar-refractivity contribution in [2.24, 2.45) is 5.92 Å². The quantitative estimate of drug-likeness (QED) is 0.728. The first-order valence-electron chi connectivity index (χ1n) is 6.66. The molecule has 0 rings (SSSR count). The number of hydrogen-bond acceptors (Lipinski definition) is 3. The molecule has 1 N–H and O–H groups in total. The van der Waals surface area contributed by atoms with Gasteiger partial charge in [-0.3, -0.25) is 4.79 Å². The van der Waals surface area contributed by atoms with Gasteiger partial charge in [-0.2, -0.15) is 0 Å². The van der Waals surface area contributed by atoms with Crippen LogP contribution in [0.25, 0.3) is 0 Å². The van der Waals surface area contributed by atoms with E-state index in [4.69, 9.17) is 9.84 Å². The number of likely N-dealkylation sites (N-methyl/N-ethyl adjacent to an activating group) is 1. The molecule has 2 unspecified atom stereocenters. The molecule has 0 aliphatic rings. The van der Waals surface area contributed by atoms with Crippen molar-refractivity contribution in [3.63, 3.8) is 0 Å². The molecule has 2 amide bonds. The number of amides is 2. The molecule has 0 saturated carbocycles. The molecule has 0 heterocycles. The van der Waals surface area contributed by atoms with Gasteiger partial charge in [0, 0.05) is 26.7 Å². The zero-order valence-electron chi connectivity index (χ0n) is 12.5. The summed E-state index contributed by atoms with van der Waals surface area (Å²) in [5.41, 5.74) is 0. The van der Waals surface area contributed by atoms with Crippen molar-refractivity contribution in [2.75, 3.05) is 33.4 Å². The second-order valence-corrected chi connectivity index (χ2v) is 4.65. The summed E-state index contributed by atoms with van der Waals surface area (Å²) >= 11 is 0. The first-order chi connectivity index (χ1) is 8.88. The van der Waals surface area contributed by atoms with E-state index in [-0.39, 0.29) is 18.6 Å². The molecular formula is C13H26N2O4. The number of ether oxygens (including phenoxy) is 1. The van der Waals surface area contributed by atoms with Crippen molar-refractivity contribution in [2.45, 2.75) is 33.7 Å². The van der Waals surface area contributed by atoms with Crippen LogP contribution < -0.4 is 0 Å². The van der Waals surface area contributed by atoms with Crippen molar-refractivity contribution >= 4 is 12.0 Å². The minimum absolute atomic E-state index is 0.0308. The molecule has 2 atom stereocenters. The monoisotopic (exact) mass is 274 g/mol. The van der Waals surface area contributed by atoms with Crippen LogP contribution in [0.15, 0.2) is 0 Å². The minimum atomic E-state index is -0.890. The molecule has 112 valence electrons. The topological polar surface area (TPSA) is 70.1 Å². The van der Waals surface area contributed by atoms with Gasteiger partial charge in [-0.15, -0.1) is 0 Å². The summed E-state index contributed by atoms with van der Waals surface area (Å²) in [6.07, 6.45) is 0. The molecular weight excluding hydrogens is 248 g/mol. The van der Waals surface area contributed by atoms with E-state index in [9.17, 15) is 9.59 Å². The van der Waals surface area contributed by atoms with Gasteiger partial charge >= 0.3 is 12.0 Å². The van der Waals surface area contributed by atoms with Crippen molar-refractivity contribution < 1.29 is 19.4 Å². The van der Waals surface area contributed by atoms with Crippen molar-refractivity contribution in [1.82, 2.24) is 9.80 Å². The Morgan fingerprint density at radius 2 is 1.79 bits per heavy atom. The minimum Gasteiger partial charge on any atom is -0.481 e. The lowest BCUT2D eigenvalue weighted by Crippen LogP contribution is -2.50. The fourth-order valence-electron chi connectivity index (χ4n) is 1.90. The summed E-state index contributed by atoms with van der Waals surface area (Å²) in [6, 6.07) is -0.167. The first kappa shape index (κ1) is 17.7. The Morgan fingerprint density at radius 3 is 2.16 bits per heavy atom. The van der Waals surface area contributed by atoms with Crippen LogP contribution in [-0.4, -0.2) is 66.3 Å². The van der Waals surface area contributed by atoms with E-state index in [1.165, 1.54) is 0 Å². The van der Waals surface area contributed by atoms with Gasteiger partial charge in [-0.1, -0.05) is 6.92 Å². The fraction of sp³-hybridized carbons (Fsp3) is 0.846. The molecule has 0 radical (unpaired) electrons. The SMILES string of the molecule is CCN(CC(C)C(=O)O)C(=O)N(CC)C(C)COC. The molecule has 0 spiro atoms. The van der Waals surface area contributed by atoms with Crippen LogP contribution in [-0.2, 0) is 9.53 Å². The van der Waals surface area contributed by atoms with Gasteiger partial charge in [0.1, 0.15) is 0 Å². The smallest absolute Gasteiger partial charge is 0.320 e. The summed E-state index contributed by atoms with van der Waals surface area (Å²) in [6.45, 7) is 9.02. The van der Waals surface area contributed by atoms with Crippen LogP contribution in [0.1, 0.15) is 27.7 Å². The number of hydrogen-bond donors (Lipinski definition) is 1. The zero-order chi connectivity index (χ0) is 15.0. The van der Waals surface area contributed by atoms with Gasteiger partial charge in [0.15, 0.2) is 0 Å². The van der Waals surface area contributed by atoms with Gasteiger partial charge in [0.05, 0.1) is 18.6 Å². The highest BCUT2D eigenvalue weighted by molar-refractivity contribution is 5.76. The van der Waals surface area contributed by atoms with Gasteiger partial charge in [0.2, 0.25) is 0 Å². The van der Waals surface area contributed by atoms with E-state index < -0.39 is 11.9 Å². The molecule has 0 bridgehead atoms. The molecule has 0 aromatic heterocycles. The first-order valence-corrected chi connectivity index (χ1v) is 6.66. The largest absolute Gasteiger partial charge is 0.481 e. The number of carboxylic acid groups (broad SMARTS) is 1. The molecule has 0 aromatic carbocycles. The lowest BCUT2D eigenvalue weighted by atomic mass is 10.1. The normalized spacial score (nSPS) is 13.7. The Labute approximate surface area is 115 Å². The van der Waals surface area contributed by atoms with E-state index >= 15 is 0 Å². The number of carbonyl (C=O) groups is 2. The lowest BCUT2D eigenvalue weighted by molar-refractivity contribution is -0.141. The Hall–Kier alpha value is -1.30. The van der Waals surface area contributed by atoms with Crippen molar-refractivity contribution in [1.29, 1.82) is 0 Å². The van der Waals surface area contributed by atoms with Crippen LogP contribution in [0.4, 0.5) is 4.79 Å². The lowest BCUT2D eigenvalue weighted by Gasteiger charge is -2.33. The van der Waals surface area contributed by atoms with Crippen LogP contribution >= 0.6 is 0 Å². The van der Waals surface area contributed by atoms with Crippen molar-refractivity contribution in [3.05, 3.63) is 0 Å². The van der Waals surface area contributed by atoms with Gasteiger partial charge in [-0.05, 0) is 20.8 Å². The summed E-state index contributed by atoms with van der Waals surface area (Å²) in [4.78, 5) is 26.5. The molecule has 0 aliphatic heterocycles. The van der Waals surface area contributed by atoms with E-state index in [1.54, 1.807) is 23.8 Å². The third-order valence-electron chi connectivity index (χ3n) is 3.09. The molecule has 0 fully saturated rings. The maximum absolute atomic E-state index is 12.4. The van der Waals surface area contributed by atoms with Crippen LogP contribution in [0.3, 0.4) is 0 Å². The highest BCUT2D eigenvalue weighted by atomic mass is 16.5. The number of nitrogens with zero attached hydrogens (tertiary/aromatic N) is 2. The third-order valence-corrected chi connectivity index (χ3v) is 3.09. The molecule has 6 heteroatoms. The summed E-state index contributed by atoms with van der Waals surface area (Å²) in [5, 5.41) is 8.93. The number of rotatable bonds is 8. The Bertz CT molecular complexity index is 296. The zero-order valence-corrected chi connectivity index (χ0v) is 12.5. The average molecular weight is 274 g/mol. The fourth-order valence-corrected chi connectivity index (χ4v) is 1.90. The Balaban J connectivity index is 4.74. The summed E-state index contributed by atoms with van der Waals surface area (Å²) < 4.78 is 5.06. The van der Waals surface area contributed by atoms with Gasteiger partial charge < -0.3 is 19.6 Å². The number of methoxy groups -OCH3 is 1. The van der Waals surface area contributed by atoms with E-state index in [2.05, 4.69) is 0 Å². The molecule has 0 saturated heterocycles. The standard InChI is InChI=1S/C13H26N2O4/c1-6-14(8-10(3)12(16)17)13(18)15(7-2)11(4)9-19-5/h10-11H,6-9H2,1-5H3,(H,16,17). The molecule has 6 nitrogen and oxygen atoms in total. The van der Waals surface area contributed by atoms with Crippen LogP contribution in [0.5, 0.6) is 0 Å². The molecule has 0 aliphatic carbocycles. The Morgan fingerprint density at radius 1 is 1.21 bits per heavy atom. The van der Waals surface area contributed by atoms with E-state index in [0.717, 1.165) is 0 Å². The second-order valence-electron chi connectivity index (χ2n) is 4.65. The summed E-state index contributed by atoms with van der Waals surface area (Å²) in [7, 11) is 1.60. The second kappa shape index (κ2) is 8.74. The number of carboxylic acids is 1. The number of carbonyl (C=O) groups excluding carboxylic acids is 1.